The molecule has 0 spiro atoms. The summed E-state index contributed by atoms with van der Waals surface area (Å²) in [5.74, 6) is -0.0830. The molecule has 174 valence electrons. The van der Waals surface area contributed by atoms with Crippen LogP contribution in [-0.2, 0) is 11.8 Å². The molecular weight excluding hydrogens is 407 g/mol. The molecule has 32 heavy (non-hydrogen) atoms. The molecule has 6 nitrogen and oxygen atoms in total. The van der Waals surface area contributed by atoms with Crippen LogP contribution in [0.3, 0.4) is 0 Å². The number of halogens is 1. The Morgan fingerprint density at radius 3 is 2.44 bits per heavy atom. The molecule has 1 aromatic carbocycles. The summed E-state index contributed by atoms with van der Waals surface area (Å²) in [6, 6.07) is 6.82. The highest BCUT2D eigenvalue weighted by molar-refractivity contribution is 5.97. The van der Waals surface area contributed by atoms with E-state index in [0.717, 1.165) is 68.1 Å². The van der Waals surface area contributed by atoms with E-state index in [1.165, 1.54) is 12.1 Å². The number of ether oxygens (including phenoxy) is 1. The maximum atomic E-state index is 13.5. The van der Waals surface area contributed by atoms with Crippen molar-refractivity contribution in [3.63, 3.8) is 0 Å². The van der Waals surface area contributed by atoms with Crippen molar-refractivity contribution in [3.05, 3.63) is 53.1 Å². The quantitative estimate of drug-likeness (QED) is 0.685. The maximum Gasteiger partial charge on any atom is 0.256 e. The van der Waals surface area contributed by atoms with E-state index in [9.17, 15) is 9.18 Å². The zero-order chi connectivity index (χ0) is 22.8. The van der Waals surface area contributed by atoms with E-state index >= 15 is 0 Å². The lowest BCUT2D eigenvalue weighted by Crippen LogP contribution is -2.55. The van der Waals surface area contributed by atoms with Crippen molar-refractivity contribution in [1.29, 1.82) is 0 Å². The van der Waals surface area contributed by atoms with Crippen LogP contribution >= 0.6 is 0 Å². The smallest absolute Gasteiger partial charge is 0.256 e. The minimum Gasteiger partial charge on any atom is -0.373 e. The van der Waals surface area contributed by atoms with Crippen LogP contribution in [0, 0.1) is 12.7 Å². The number of carbonyl (C=O) groups excluding carboxylic acids is 1. The number of rotatable bonds is 6. The van der Waals surface area contributed by atoms with Gasteiger partial charge in [0.15, 0.2) is 0 Å². The SMILES string of the molecule is CCCCN1CC(N2CCN(c3ccc(F)cc3)CC2)C(OC)c2c(c(C)cn2C)C1=O. The fourth-order valence-corrected chi connectivity index (χ4v) is 5.25. The van der Waals surface area contributed by atoms with Gasteiger partial charge in [-0.15, -0.1) is 0 Å². The van der Waals surface area contributed by atoms with E-state index in [4.69, 9.17) is 4.74 Å². The summed E-state index contributed by atoms with van der Waals surface area (Å²) in [5.41, 5.74) is 3.86. The second-order valence-electron chi connectivity index (χ2n) is 9.01. The van der Waals surface area contributed by atoms with Gasteiger partial charge in [0, 0.05) is 65.3 Å². The standard InChI is InChI=1S/C25H35FN4O2/c1-5-6-11-30-17-21(24(32-4)23-22(25(30)31)18(2)16-27(23)3)29-14-12-28(13-15-29)20-9-7-19(26)8-10-20/h7-10,16,21,24H,5-6,11-15,17H2,1-4H3. The van der Waals surface area contributed by atoms with Gasteiger partial charge < -0.3 is 19.1 Å². The lowest BCUT2D eigenvalue weighted by Gasteiger charge is -2.43. The first-order chi connectivity index (χ1) is 15.4. The number of anilines is 1. The van der Waals surface area contributed by atoms with E-state index in [2.05, 4.69) is 21.3 Å². The van der Waals surface area contributed by atoms with Gasteiger partial charge >= 0.3 is 0 Å². The topological polar surface area (TPSA) is 41.0 Å². The summed E-state index contributed by atoms with van der Waals surface area (Å²) >= 11 is 0. The highest BCUT2D eigenvalue weighted by Gasteiger charge is 2.41. The molecule has 0 aliphatic carbocycles. The Kier molecular flexibility index (Phi) is 6.86. The fourth-order valence-electron chi connectivity index (χ4n) is 5.25. The van der Waals surface area contributed by atoms with Crippen molar-refractivity contribution < 1.29 is 13.9 Å². The average molecular weight is 443 g/mol. The molecule has 2 atom stereocenters. The van der Waals surface area contributed by atoms with Crippen LogP contribution < -0.4 is 4.90 Å². The molecule has 0 saturated carbocycles. The third kappa shape index (κ3) is 4.28. The zero-order valence-electron chi connectivity index (χ0n) is 19.7. The van der Waals surface area contributed by atoms with Crippen LogP contribution in [0.1, 0.15) is 47.5 Å². The molecule has 0 N–H and O–H groups in total. The van der Waals surface area contributed by atoms with Gasteiger partial charge in [0.2, 0.25) is 0 Å². The normalized spacial score (nSPS) is 22.2. The van der Waals surface area contributed by atoms with Crippen molar-refractivity contribution in [3.8, 4) is 0 Å². The van der Waals surface area contributed by atoms with Crippen molar-refractivity contribution in [1.82, 2.24) is 14.4 Å². The lowest BCUT2D eigenvalue weighted by molar-refractivity contribution is -0.00317. The summed E-state index contributed by atoms with van der Waals surface area (Å²) in [6.45, 7) is 9.08. The third-order valence-electron chi connectivity index (χ3n) is 6.96. The van der Waals surface area contributed by atoms with Crippen LogP contribution in [0.5, 0.6) is 0 Å². The summed E-state index contributed by atoms with van der Waals surface area (Å²) in [4.78, 5) is 20.3. The van der Waals surface area contributed by atoms with Crippen LogP contribution in [-0.4, -0.2) is 72.7 Å². The maximum absolute atomic E-state index is 13.5. The minimum atomic E-state index is -0.209. The minimum absolute atomic E-state index is 0.0884. The van der Waals surface area contributed by atoms with Gasteiger partial charge in [-0.25, -0.2) is 4.39 Å². The van der Waals surface area contributed by atoms with Gasteiger partial charge in [-0.05, 0) is 43.2 Å². The Bertz CT molecular complexity index is 934. The molecule has 2 aromatic rings. The first kappa shape index (κ1) is 22.8. The number of aromatic nitrogens is 1. The second kappa shape index (κ2) is 9.63. The predicted octanol–water partition coefficient (Wildman–Crippen LogP) is 3.61. The molecule has 1 fully saturated rings. The van der Waals surface area contributed by atoms with Crippen LogP contribution in [0.4, 0.5) is 10.1 Å². The highest BCUT2D eigenvalue weighted by atomic mass is 19.1. The van der Waals surface area contributed by atoms with Gasteiger partial charge in [-0.3, -0.25) is 9.69 Å². The zero-order valence-corrected chi connectivity index (χ0v) is 19.7. The summed E-state index contributed by atoms with van der Waals surface area (Å²) in [6.07, 6.45) is 3.92. The Labute approximate surface area is 190 Å². The number of hydrogen-bond donors (Lipinski definition) is 0. The molecular formula is C25H35FN4O2. The van der Waals surface area contributed by atoms with Crippen molar-refractivity contribution in [2.45, 2.75) is 38.8 Å². The molecule has 7 heteroatoms. The largest absolute Gasteiger partial charge is 0.373 e. The van der Waals surface area contributed by atoms with E-state index < -0.39 is 0 Å². The van der Waals surface area contributed by atoms with Gasteiger partial charge in [-0.1, -0.05) is 13.3 Å². The number of piperazine rings is 1. The third-order valence-corrected chi connectivity index (χ3v) is 6.96. The first-order valence-electron chi connectivity index (χ1n) is 11.7. The van der Waals surface area contributed by atoms with Crippen LogP contribution in [0.2, 0.25) is 0 Å². The van der Waals surface area contributed by atoms with E-state index in [1.807, 2.05) is 37.2 Å². The number of fused-ring (bicyclic) bond motifs is 1. The number of benzene rings is 1. The second-order valence-corrected chi connectivity index (χ2v) is 9.01. The Morgan fingerprint density at radius 2 is 1.81 bits per heavy atom. The Balaban J connectivity index is 1.59. The van der Waals surface area contributed by atoms with Crippen molar-refractivity contribution in [2.75, 3.05) is 51.3 Å². The molecule has 2 unspecified atom stereocenters. The van der Waals surface area contributed by atoms with Crippen LogP contribution in [0.25, 0.3) is 0 Å². The van der Waals surface area contributed by atoms with Crippen LogP contribution in [0.15, 0.2) is 30.5 Å². The number of carbonyl (C=O) groups is 1. The van der Waals surface area contributed by atoms with Gasteiger partial charge in [0.25, 0.3) is 5.91 Å². The fraction of sp³-hybridized carbons (Fsp3) is 0.560. The molecule has 0 bridgehead atoms. The average Bonchev–Trinajstić information content (AvgIpc) is 3.02. The van der Waals surface area contributed by atoms with E-state index in [0.29, 0.717) is 6.54 Å². The number of aryl methyl sites for hydroxylation is 2. The van der Waals surface area contributed by atoms with E-state index in [1.54, 1.807) is 7.11 Å². The summed E-state index contributed by atoms with van der Waals surface area (Å²) < 4.78 is 21.5. The van der Waals surface area contributed by atoms with Gasteiger partial charge in [-0.2, -0.15) is 0 Å². The molecule has 1 aromatic heterocycles. The van der Waals surface area contributed by atoms with Crippen molar-refractivity contribution >= 4 is 11.6 Å². The Hall–Kier alpha value is -2.38. The molecule has 1 saturated heterocycles. The molecule has 1 amide bonds. The molecule has 2 aliphatic heterocycles. The molecule has 0 radical (unpaired) electrons. The molecule has 2 aliphatic rings. The predicted molar refractivity (Wildman–Crippen MR) is 125 cm³/mol. The summed E-state index contributed by atoms with van der Waals surface area (Å²) in [7, 11) is 3.76. The van der Waals surface area contributed by atoms with Gasteiger partial charge in [0.1, 0.15) is 11.9 Å². The molecule has 3 heterocycles. The van der Waals surface area contributed by atoms with Gasteiger partial charge in [0.05, 0.1) is 17.3 Å². The first-order valence-corrected chi connectivity index (χ1v) is 11.7. The molecule has 4 rings (SSSR count). The number of unbranched alkanes of at least 4 members (excludes halogenated alkanes) is 1. The van der Waals surface area contributed by atoms with E-state index in [-0.39, 0.29) is 23.9 Å². The lowest BCUT2D eigenvalue weighted by atomic mass is 10.0. The van der Waals surface area contributed by atoms with Crippen molar-refractivity contribution in [2.24, 2.45) is 7.05 Å². The number of methoxy groups -OCH3 is 1. The highest BCUT2D eigenvalue weighted by Crippen LogP contribution is 2.35. The Morgan fingerprint density at radius 1 is 1.12 bits per heavy atom. The number of hydrogen-bond acceptors (Lipinski definition) is 4. The number of nitrogens with zero attached hydrogens (tertiary/aromatic N) is 4. The summed E-state index contributed by atoms with van der Waals surface area (Å²) in [5, 5.41) is 0. The number of amides is 1. The monoisotopic (exact) mass is 442 g/mol.